The SMILES string of the molecule is CSCCC(NS(=O)(=O)c1ccc2c(c1)OCCO2)C(=O)OCC(=O)C(C)(C)C. The Labute approximate surface area is 175 Å². The first-order chi connectivity index (χ1) is 13.5. The first-order valence-corrected chi connectivity index (χ1v) is 12.0. The van der Waals surface area contributed by atoms with Crippen LogP contribution in [0.25, 0.3) is 0 Å². The third kappa shape index (κ3) is 6.61. The van der Waals surface area contributed by atoms with Gasteiger partial charge in [-0.25, -0.2) is 8.42 Å². The molecule has 1 unspecified atom stereocenters. The summed E-state index contributed by atoms with van der Waals surface area (Å²) in [6.45, 7) is 5.49. The summed E-state index contributed by atoms with van der Waals surface area (Å²) in [6.07, 6.45) is 2.08. The highest BCUT2D eigenvalue weighted by Crippen LogP contribution is 2.32. The summed E-state index contributed by atoms with van der Waals surface area (Å²) in [6, 6.07) is 3.15. The molecule has 8 nitrogen and oxygen atoms in total. The summed E-state index contributed by atoms with van der Waals surface area (Å²) in [5.74, 6) is 0.311. The standard InChI is InChI=1S/C19H27NO7S2/c1-19(2,3)17(21)12-27-18(22)14(7-10-28-4)20-29(23,24)13-5-6-15-16(11-13)26-9-8-25-15/h5-6,11,14,20H,7-10,12H2,1-4H3. The number of fused-ring (bicyclic) bond motifs is 1. The summed E-state index contributed by atoms with van der Waals surface area (Å²) in [7, 11) is -4.02. The van der Waals surface area contributed by atoms with Crippen LogP contribution in [0.3, 0.4) is 0 Å². The van der Waals surface area contributed by atoms with Crippen molar-refractivity contribution in [2.24, 2.45) is 5.41 Å². The number of carbonyl (C=O) groups excluding carboxylic acids is 2. The lowest BCUT2D eigenvalue weighted by molar-refractivity contribution is -0.151. The molecule has 1 aromatic carbocycles. The lowest BCUT2D eigenvalue weighted by Gasteiger charge is -2.21. The molecule has 1 aliphatic heterocycles. The zero-order chi connectivity index (χ0) is 21.7. The van der Waals surface area contributed by atoms with Crippen molar-refractivity contribution < 1.29 is 32.2 Å². The number of ketones is 1. The maximum absolute atomic E-state index is 12.8. The van der Waals surface area contributed by atoms with Crippen LogP contribution in [0.5, 0.6) is 11.5 Å². The quantitative estimate of drug-likeness (QED) is 0.575. The molecule has 162 valence electrons. The molecule has 0 saturated carbocycles. The maximum atomic E-state index is 12.8. The van der Waals surface area contributed by atoms with Gasteiger partial charge in [0.05, 0.1) is 4.90 Å². The molecule has 0 bridgehead atoms. The predicted molar refractivity (Wildman–Crippen MR) is 110 cm³/mol. The molecule has 2 rings (SSSR count). The van der Waals surface area contributed by atoms with Crippen molar-refractivity contribution in [1.82, 2.24) is 4.72 Å². The smallest absolute Gasteiger partial charge is 0.324 e. The van der Waals surface area contributed by atoms with Gasteiger partial charge in [-0.15, -0.1) is 0 Å². The first-order valence-electron chi connectivity index (χ1n) is 9.15. The summed E-state index contributed by atoms with van der Waals surface area (Å²) in [4.78, 5) is 24.4. The predicted octanol–water partition coefficient (Wildman–Crippen LogP) is 2.02. The summed E-state index contributed by atoms with van der Waals surface area (Å²) >= 11 is 1.47. The van der Waals surface area contributed by atoms with Gasteiger partial charge in [0.15, 0.2) is 23.9 Å². The third-order valence-electron chi connectivity index (χ3n) is 4.20. The van der Waals surface area contributed by atoms with Gasteiger partial charge in [-0.3, -0.25) is 9.59 Å². The molecular weight excluding hydrogens is 418 g/mol. The highest BCUT2D eigenvalue weighted by atomic mass is 32.2. The van der Waals surface area contributed by atoms with E-state index in [1.165, 1.54) is 30.0 Å². The number of nitrogens with one attached hydrogen (secondary N) is 1. The largest absolute Gasteiger partial charge is 0.486 e. The van der Waals surface area contributed by atoms with E-state index in [0.717, 1.165) is 0 Å². The number of hydrogen-bond acceptors (Lipinski definition) is 8. The molecule has 29 heavy (non-hydrogen) atoms. The van der Waals surface area contributed by atoms with E-state index in [1.807, 2.05) is 6.26 Å². The zero-order valence-electron chi connectivity index (χ0n) is 17.0. The van der Waals surface area contributed by atoms with Crippen molar-refractivity contribution in [2.45, 2.75) is 38.1 Å². The van der Waals surface area contributed by atoms with E-state index in [0.29, 0.717) is 30.5 Å². The summed E-state index contributed by atoms with van der Waals surface area (Å²) in [5, 5.41) is 0. The van der Waals surface area contributed by atoms with Crippen LogP contribution in [-0.2, 0) is 24.3 Å². The van der Waals surface area contributed by atoms with Crippen molar-refractivity contribution in [1.29, 1.82) is 0 Å². The van der Waals surface area contributed by atoms with E-state index in [1.54, 1.807) is 20.8 Å². The van der Waals surface area contributed by atoms with Gasteiger partial charge in [-0.1, -0.05) is 20.8 Å². The van der Waals surface area contributed by atoms with Crippen LogP contribution in [0, 0.1) is 5.41 Å². The third-order valence-corrected chi connectivity index (χ3v) is 6.31. The van der Waals surface area contributed by atoms with Gasteiger partial charge >= 0.3 is 5.97 Å². The van der Waals surface area contributed by atoms with Gasteiger partial charge in [-0.05, 0) is 30.6 Å². The van der Waals surface area contributed by atoms with Crippen LogP contribution in [-0.4, -0.2) is 58.0 Å². The van der Waals surface area contributed by atoms with Gasteiger partial charge in [0.25, 0.3) is 0 Å². The number of Topliss-reactive ketones (excluding diaryl/α,β-unsaturated/α-hetero) is 1. The number of rotatable bonds is 9. The Morgan fingerprint density at radius 3 is 2.48 bits per heavy atom. The topological polar surface area (TPSA) is 108 Å². The molecule has 1 aliphatic rings. The molecule has 1 atom stereocenters. The Hall–Kier alpha value is -1.78. The highest BCUT2D eigenvalue weighted by molar-refractivity contribution is 7.98. The van der Waals surface area contributed by atoms with Crippen LogP contribution in [0.4, 0.5) is 0 Å². The molecule has 10 heteroatoms. The molecule has 0 aliphatic carbocycles. The summed E-state index contributed by atoms with van der Waals surface area (Å²) in [5.41, 5.74) is -0.653. The van der Waals surface area contributed by atoms with Gasteiger partial charge in [0, 0.05) is 11.5 Å². The minimum absolute atomic E-state index is 0.0468. The van der Waals surface area contributed by atoms with Crippen LogP contribution in [0.1, 0.15) is 27.2 Å². The van der Waals surface area contributed by atoms with E-state index >= 15 is 0 Å². The fourth-order valence-electron chi connectivity index (χ4n) is 2.36. The highest BCUT2D eigenvalue weighted by Gasteiger charge is 2.29. The molecular formula is C19H27NO7S2. The van der Waals surface area contributed by atoms with Crippen molar-refractivity contribution >= 4 is 33.5 Å². The number of thioether (sulfide) groups is 1. The first kappa shape index (κ1) is 23.5. The van der Waals surface area contributed by atoms with Crippen molar-refractivity contribution in [3.63, 3.8) is 0 Å². The number of hydrogen-bond donors (Lipinski definition) is 1. The monoisotopic (exact) mass is 445 g/mol. The Balaban J connectivity index is 2.13. The van der Waals surface area contributed by atoms with Crippen molar-refractivity contribution in [3.8, 4) is 11.5 Å². The van der Waals surface area contributed by atoms with E-state index < -0.39 is 34.1 Å². The fourth-order valence-corrected chi connectivity index (χ4v) is 4.07. The molecule has 0 spiro atoms. The number of esters is 1. The van der Waals surface area contributed by atoms with Crippen LogP contribution in [0.15, 0.2) is 23.1 Å². The Bertz CT molecular complexity index is 847. The second-order valence-electron chi connectivity index (χ2n) is 7.54. The average molecular weight is 446 g/mol. The van der Waals surface area contributed by atoms with Crippen LogP contribution < -0.4 is 14.2 Å². The number of benzene rings is 1. The number of ether oxygens (including phenoxy) is 3. The molecule has 0 amide bonds. The zero-order valence-corrected chi connectivity index (χ0v) is 18.7. The van der Waals surface area contributed by atoms with Crippen molar-refractivity contribution in [3.05, 3.63) is 18.2 Å². The van der Waals surface area contributed by atoms with Crippen LogP contribution in [0.2, 0.25) is 0 Å². The molecule has 0 aromatic heterocycles. The molecule has 0 saturated heterocycles. The van der Waals surface area contributed by atoms with Gasteiger partial charge < -0.3 is 14.2 Å². The minimum Gasteiger partial charge on any atom is -0.486 e. The van der Waals surface area contributed by atoms with E-state index in [2.05, 4.69) is 4.72 Å². The fraction of sp³-hybridized carbons (Fsp3) is 0.579. The molecule has 0 radical (unpaired) electrons. The van der Waals surface area contributed by atoms with Gasteiger partial charge in [0.1, 0.15) is 19.3 Å². The number of sulfonamides is 1. The van der Waals surface area contributed by atoms with Crippen molar-refractivity contribution in [2.75, 3.05) is 31.8 Å². The average Bonchev–Trinajstić information content (AvgIpc) is 2.67. The minimum atomic E-state index is -4.02. The maximum Gasteiger partial charge on any atom is 0.324 e. The van der Waals surface area contributed by atoms with E-state index in [9.17, 15) is 18.0 Å². The molecule has 1 heterocycles. The van der Waals surface area contributed by atoms with Gasteiger partial charge in [-0.2, -0.15) is 16.5 Å². The lowest BCUT2D eigenvalue weighted by Crippen LogP contribution is -2.43. The van der Waals surface area contributed by atoms with Crippen LogP contribution >= 0.6 is 11.8 Å². The van der Waals surface area contributed by atoms with E-state index in [-0.39, 0.29) is 17.1 Å². The summed E-state index contributed by atoms with van der Waals surface area (Å²) < 4.78 is 43.9. The Morgan fingerprint density at radius 1 is 1.21 bits per heavy atom. The van der Waals surface area contributed by atoms with Gasteiger partial charge in [0.2, 0.25) is 10.0 Å². The lowest BCUT2D eigenvalue weighted by atomic mass is 9.91. The Morgan fingerprint density at radius 2 is 1.86 bits per heavy atom. The number of carbonyl (C=O) groups is 2. The molecule has 1 N–H and O–H groups in total. The molecule has 1 aromatic rings. The second-order valence-corrected chi connectivity index (χ2v) is 10.2. The Kier molecular flexibility index (Phi) is 7.95. The normalized spacial score (nSPS) is 14.9. The second kappa shape index (κ2) is 9.82. The molecule has 0 fully saturated rings. The van der Waals surface area contributed by atoms with E-state index in [4.69, 9.17) is 14.2 Å².